The minimum absolute atomic E-state index is 0.473. The molecular formula is C18H32N6. The van der Waals surface area contributed by atoms with Gasteiger partial charge in [-0.05, 0) is 39.2 Å². The molecule has 2 aliphatic rings. The zero-order valence-corrected chi connectivity index (χ0v) is 15.2. The zero-order valence-electron chi connectivity index (χ0n) is 15.2. The van der Waals surface area contributed by atoms with E-state index in [1.54, 1.807) is 0 Å². The number of rotatable bonds is 5. The van der Waals surface area contributed by atoms with E-state index >= 15 is 0 Å². The largest absolute Gasteiger partial charge is 0.351 e. The van der Waals surface area contributed by atoms with Crippen LogP contribution in [-0.2, 0) is 0 Å². The van der Waals surface area contributed by atoms with Crippen LogP contribution in [0.25, 0.3) is 0 Å². The van der Waals surface area contributed by atoms with E-state index in [0.717, 1.165) is 50.2 Å². The molecule has 2 N–H and O–H groups in total. The van der Waals surface area contributed by atoms with Gasteiger partial charge in [0.1, 0.15) is 5.82 Å². The lowest BCUT2D eigenvalue weighted by atomic mass is 10.1. The van der Waals surface area contributed by atoms with E-state index < -0.39 is 0 Å². The number of hydrogen-bond donors (Lipinski definition) is 2. The summed E-state index contributed by atoms with van der Waals surface area (Å²) in [5.74, 6) is 2.26. The predicted octanol–water partition coefficient (Wildman–Crippen LogP) is 3.21. The number of piperidine rings is 1. The number of anilines is 2. The van der Waals surface area contributed by atoms with Crippen LogP contribution in [0.5, 0.6) is 0 Å². The number of aryl methyl sites for hydroxylation is 1. The summed E-state index contributed by atoms with van der Waals surface area (Å²) in [4.78, 5) is 16.1. The summed E-state index contributed by atoms with van der Waals surface area (Å²) in [6.07, 6.45) is 10.1. The van der Waals surface area contributed by atoms with Gasteiger partial charge in [-0.1, -0.05) is 32.6 Å². The van der Waals surface area contributed by atoms with Crippen molar-refractivity contribution in [2.24, 2.45) is 0 Å². The normalized spacial score (nSPS) is 21.4. The number of hydrogen-bond acceptors (Lipinski definition) is 6. The third kappa shape index (κ3) is 5.03. The summed E-state index contributed by atoms with van der Waals surface area (Å²) < 4.78 is 0. The van der Waals surface area contributed by atoms with Crippen molar-refractivity contribution in [1.82, 2.24) is 19.9 Å². The lowest BCUT2D eigenvalue weighted by Crippen LogP contribution is -2.39. The molecule has 1 aromatic rings. The first-order valence-electron chi connectivity index (χ1n) is 9.71. The van der Waals surface area contributed by atoms with Crippen molar-refractivity contribution in [3.05, 3.63) is 5.82 Å². The second kappa shape index (κ2) is 8.60. The zero-order chi connectivity index (χ0) is 16.8. The Morgan fingerprint density at radius 2 is 1.38 bits per heavy atom. The Morgan fingerprint density at radius 3 is 1.92 bits per heavy atom. The number of nitrogens with zero attached hydrogens (tertiary/aromatic N) is 4. The van der Waals surface area contributed by atoms with E-state index in [1.807, 2.05) is 6.92 Å². The Bertz CT molecular complexity index is 504. The summed E-state index contributed by atoms with van der Waals surface area (Å²) in [5.41, 5.74) is 0. The first-order chi connectivity index (χ1) is 11.7. The van der Waals surface area contributed by atoms with E-state index in [2.05, 4.69) is 37.4 Å². The van der Waals surface area contributed by atoms with Crippen molar-refractivity contribution in [2.75, 3.05) is 30.3 Å². The van der Waals surface area contributed by atoms with Crippen LogP contribution in [0.15, 0.2) is 0 Å². The van der Waals surface area contributed by atoms with Crippen molar-refractivity contribution in [3.8, 4) is 0 Å². The Balaban J connectivity index is 1.59. The Hall–Kier alpha value is -1.43. The van der Waals surface area contributed by atoms with E-state index in [9.17, 15) is 0 Å². The second-order valence-electron chi connectivity index (χ2n) is 7.22. The molecule has 1 aliphatic heterocycles. The van der Waals surface area contributed by atoms with Crippen LogP contribution in [0.2, 0.25) is 0 Å². The van der Waals surface area contributed by atoms with Gasteiger partial charge in [-0.2, -0.15) is 15.0 Å². The molecule has 0 radical (unpaired) electrons. The average molecular weight is 332 g/mol. The molecule has 1 aromatic heterocycles. The van der Waals surface area contributed by atoms with Gasteiger partial charge in [0.2, 0.25) is 11.9 Å². The fraction of sp³-hybridized carbons (Fsp3) is 0.833. The third-order valence-electron chi connectivity index (χ3n) is 5.30. The first kappa shape index (κ1) is 17.4. The summed E-state index contributed by atoms with van der Waals surface area (Å²) in [6, 6.07) is 0.982. The van der Waals surface area contributed by atoms with E-state index in [0.29, 0.717) is 12.1 Å². The lowest BCUT2D eigenvalue weighted by Gasteiger charge is -2.31. The molecule has 24 heavy (non-hydrogen) atoms. The van der Waals surface area contributed by atoms with E-state index in [1.165, 1.54) is 38.5 Å². The van der Waals surface area contributed by atoms with Crippen molar-refractivity contribution in [3.63, 3.8) is 0 Å². The van der Waals surface area contributed by atoms with Crippen LogP contribution in [0.1, 0.15) is 64.1 Å². The number of nitrogens with one attached hydrogen (secondary N) is 2. The molecule has 0 unspecified atom stereocenters. The molecule has 1 saturated heterocycles. The molecule has 134 valence electrons. The monoisotopic (exact) mass is 332 g/mol. The molecule has 0 aromatic carbocycles. The highest BCUT2D eigenvalue weighted by Crippen LogP contribution is 2.20. The third-order valence-corrected chi connectivity index (χ3v) is 5.30. The molecule has 2 fully saturated rings. The molecule has 1 saturated carbocycles. The fourth-order valence-electron chi connectivity index (χ4n) is 3.79. The standard InChI is InChI=1S/C18H32N6/c1-3-24-12-10-16(11-13-24)22-18-20-14(2)19-17(23-18)21-15-8-6-4-5-7-9-15/h15-16H,3-13H2,1-2H3,(H2,19,20,21,22,23). The average Bonchev–Trinajstić information content (AvgIpc) is 2.84. The van der Waals surface area contributed by atoms with E-state index in [-0.39, 0.29) is 0 Å². The molecule has 3 rings (SSSR count). The van der Waals surface area contributed by atoms with Crippen LogP contribution in [0.3, 0.4) is 0 Å². The molecule has 0 spiro atoms. The minimum atomic E-state index is 0.473. The fourth-order valence-corrected chi connectivity index (χ4v) is 3.79. The topological polar surface area (TPSA) is 66.0 Å². The first-order valence-corrected chi connectivity index (χ1v) is 9.71. The minimum Gasteiger partial charge on any atom is -0.351 e. The molecule has 0 atom stereocenters. The Kier molecular flexibility index (Phi) is 6.24. The smallest absolute Gasteiger partial charge is 0.227 e. The molecular weight excluding hydrogens is 300 g/mol. The van der Waals surface area contributed by atoms with Crippen LogP contribution < -0.4 is 10.6 Å². The van der Waals surface area contributed by atoms with Crippen molar-refractivity contribution in [2.45, 2.75) is 77.3 Å². The summed E-state index contributed by atoms with van der Waals surface area (Å²) in [6.45, 7) is 7.64. The SMILES string of the molecule is CCN1CCC(Nc2nc(C)nc(NC3CCCCCC3)n2)CC1. The summed E-state index contributed by atoms with van der Waals surface area (Å²) in [5, 5.41) is 7.07. The van der Waals surface area contributed by atoms with Gasteiger partial charge < -0.3 is 15.5 Å². The molecule has 0 amide bonds. The van der Waals surface area contributed by atoms with Gasteiger partial charge >= 0.3 is 0 Å². The van der Waals surface area contributed by atoms with Crippen LogP contribution in [0, 0.1) is 6.92 Å². The van der Waals surface area contributed by atoms with Crippen molar-refractivity contribution < 1.29 is 0 Å². The Morgan fingerprint density at radius 1 is 0.833 bits per heavy atom. The molecule has 0 bridgehead atoms. The highest BCUT2D eigenvalue weighted by Gasteiger charge is 2.19. The molecule has 6 heteroatoms. The highest BCUT2D eigenvalue weighted by atomic mass is 15.2. The van der Waals surface area contributed by atoms with Gasteiger partial charge in [0.25, 0.3) is 0 Å². The van der Waals surface area contributed by atoms with Crippen LogP contribution in [-0.4, -0.2) is 51.6 Å². The molecule has 2 heterocycles. The Labute approximate surface area is 145 Å². The van der Waals surface area contributed by atoms with Gasteiger partial charge in [0, 0.05) is 25.2 Å². The van der Waals surface area contributed by atoms with Crippen molar-refractivity contribution in [1.29, 1.82) is 0 Å². The second-order valence-corrected chi connectivity index (χ2v) is 7.22. The summed E-state index contributed by atoms with van der Waals surface area (Å²) in [7, 11) is 0. The maximum absolute atomic E-state index is 4.63. The lowest BCUT2D eigenvalue weighted by molar-refractivity contribution is 0.229. The number of aromatic nitrogens is 3. The maximum atomic E-state index is 4.63. The van der Waals surface area contributed by atoms with Gasteiger partial charge in [-0.15, -0.1) is 0 Å². The van der Waals surface area contributed by atoms with E-state index in [4.69, 9.17) is 0 Å². The highest BCUT2D eigenvalue weighted by molar-refractivity contribution is 5.36. The maximum Gasteiger partial charge on any atom is 0.227 e. The van der Waals surface area contributed by atoms with Gasteiger partial charge in [-0.3, -0.25) is 0 Å². The predicted molar refractivity (Wildman–Crippen MR) is 98.4 cm³/mol. The van der Waals surface area contributed by atoms with Gasteiger partial charge in [0.15, 0.2) is 0 Å². The molecule has 1 aliphatic carbocycles. The quantitative estimate of drug-likeness (QED) is 0.807. The van der Waals surface area contributed by atoms with Crippen LogP contribution in [0.4, 0.5) is 11.9 Å². The molecule has 6 nitrogen and oxygen atoms in total. The van der Waals surface area contributed by atoms with Crippen molar-refractivity contribution >= 4 is 11.9 Å². The summed E-state index contributed by atoms with van der Waals surface area (Å²) >= 11 is 0. The van der Waals surface area contributed by atoms with Gasteiger partial charge in [-0.25, -0.2) is 0 Å². The van der Waals surface area contributed by atoms with Crippen LogP contribution >= 0.6 is 0 Å². The van der Waals surface area contributed by atoms with Gasteiger partial charge in [0.05, 0.1) is 0 Å². The number of likely N-dealkylation sites (tertiary alicyclic amines) is 1.